The fourth-order valence-corrected chi connectivity index (χ4v) is 25.2. The topological polar surface area (TPSA) is 26.3 Å². The normalized spacial score (nSPS) is 22.0. The molecule has 0 saturated carbocycles. The van der Waals surface area contributed by atoms with Gasteiger partial charge in [-0.3, -0.25) is 0 Å². The van der Waals surface area contributed by atoms with Gasteiger partial charge in [-0.05, 0) is 0 Å². The molecule has 4 rings (SSSR count). The van der Waals surface area contributed by atoms with Gasteiger partial charge in [-0.2, -0.15) is 0 Å². The SMILES string of the molecule is CC1=CC(c2ccco2)=[C]([Zr]([CH3])([CH3])(=[SiH2])[C]2=C(c3ccco3)C=C(C)C2C)C1C.Cl.Cl. The van der Waals surface area contributed by atoms with Crippen LogP contribution >= 0.6 is 24.8 Å². The molecule has 2 nitrogen and oxygen atoms in total. The van der Waals surface area contributed by atoms with Crippen molar-refractivity contribution in [3.05, 3.63) is 78.2 Å². The Kier molecular flexibility index (Phi) is 7.31. The molecule has 2 heterocycles. The minimum atomic E-state index is -3.55. The first kappa shape index (κ1) is 25.5. The van der Waals surface area contributed by atoms with Crippen LogP contribution in [0.2, 0.25) is 9.26 Å². The van der Waals surface area contributed by atoms with Gasteiger partial charge in [0.05, 0.1) is 0 Å². The zero-order chi connectivity index (χ0) is 20.3. The van der Waals surface area contributed by atoms with Gasteiger partial charge >= 0.3 is 171 Å². The summed E-state index contributed by atoms with van der Waals surface area (Å²) in [7, 11) is 0. The molecule has 2 aliphatic carbocycles. The van der Waals surface area contributed by atoms with Crippen molar-refractivity contribution in [3.8, 4) is 0 Å². The smallest absolute Gasteiger partial charge is 0.147 e. The van der Waals surface area contributed by atoms with Gasteiger partial charge in [-0.15, -0.1) is 24.8 Å². The summed E-state index contributed by atoms with van der Waals surface area (Å²) in [6.07, 6.45) is 8.30. The molecule has 2 unspecified atom stereocenters. The van der Waals surface area contributed by atoms with E-state index in [1.807, 2.05) is 12.1 Å². The van der Waals surface area contributed by atoms with Gasteiger partial charge < -0.3 is 0 Å². The van der Waals surface area contributed by atoms with Gasteiger partial charge in [0, 0.05) is 0 Å². The van der Waals surface area contributed by atoms with Crippen LogP contribution in [-0.4, -0.2) is 6.88 Å². The Morgan fingerprint density at radius 1 is 0.767 bits per heavy atom. The minimum absolute atomic E-state index is 0. The molecule has 2 aromatic rings. The summed E-state index contributed by atoms with van der Waals surface area (Å²) < 4.78 is 20.2. The molecule has 0 aromatic carbocycles. The summed E-state index contributed by atoms with van der Waals surface area (Å²) in [5.74, 6) is 2.92. The van der Waals surface area contributed by atoms with Gasteiger partial charge in [0.15, 0.2) is 0 Å². The van der Waals surface area contributed by atoms with Crippen molar-refractivity contribution in [2.75, 3.05) is 0 Å². The molecule has 162 valence electrons. The Balaban J connectivity index is 0.00000160. The Hall–Kier alpha value is -0.800. The molecule has 0 N–H and O–H groups in total. The Bertz CT molecular complexity index is 1040. The maximum atomic E-state index is 5.88. The van der Waals surface area contributed by atoms with Crippen molar-refractivity contribution < 1.29 is 26.2 Å². The Morgan fingerprint density at radius 3 is 1.43 bits per heavy atom. The standard InChI is InChI=1S/2C11H11O.2CH3.2ClH.H2Si.Zr/c2*1-8-6-10(7-9(8)2)11-4-3-5-12-11;;;;;;/h2*3-6,9H,1-2H3;2*1H3;2*1H;1H2;. The van der Waals surface area contributed by atoms with E-state index in [-0.39, 0.29) is 24.8 Å². The average Bonchev–Trinajstić information content (AvgIpc) is 3.37. The second-order valence-electron chi connectivity index (χ2n) is 9.52. The summed E-state index contributed by atoms with van der Waals surface area (Å²) >= 11 is -3.55. The molecule has 30 heavy (non-hydrogen) atoms. The van der Waals surface area contributed by atoms with E-state index in [2.05, 4.69) is 68.1 Å². The number of allylic oxidation sites excluding steroid dienone is 8. The quantitative estimate of drug-likeness (QED) is 0.377. The molecule has 2 atom stereocenters. The summed E-state index contributed by atoms with van der Waals surface area (Å²) in [5, 5.41) is 0. The van der Waals surface area contributed by atoms with Crippen LogP contribution in [-0.2, 0) is 17.4 Å². The van der Waals surface area contributed by atoms with E-state index in [4.69, 9.17) is 8.83 Å². The largest absolute Gasteiger partial charge is 0.147 e. The maximum Gasteiger partial charge on any atom is -0.147 e. The summed E-state index contributed by atoms with van der Waals surface area (Å²) in [4.78, 5) is 0. The third-order valence-corrected chi connectivity index (χ3v) is 23.3. The van der Waals surface area contributed by atoms with E-state index in [1.165, 1.54) is 22.3 Å². The first-order chi connectivity index (χ1) is 13.1. The molecule has 0 amide bonds. The van der Waals surface area contributed by atoms with Crippen molar-refractivity contribution in [1.82, 2.24) is 0 Å². The van der Waals surface area contributed by atoms with Crippen LogP contribution in [0.25, 0.3) is 11.1 Å². The van der Waals surface area contributed by atoms with Gasteiger partial charge in [-0.25, -0.2) is 0 Å². The second kappa shape index (κ2) is 8.62. The first-order valence-corrected chi connectivity index (χ1v) is 23.4. The van der Waals surface area contributed by atoms with E-state index in [0.717, 1.165) is 11.5 Å². The molecule has 6 heteroatoms. The molecule has 0 saturated heterocycles. The van der Waals surface area contributed by atoms with Crippen LogP contribution in [0.1, 0.15) is 39.2 Å². The third-order valence-electron chi connectivity index (χ3n) is 6.86. The average molecular weight is 543 g/mol. The number of hydrogen-bond acceptors (Lipinski definition) is 2. The van der Waals surface area contributed by atoms with Crippen molar-refractivity contribution >= 4 is 42.8 Å². The number of rotatable bonds is 4. The predicted molar refractivity (Wildman–Crippen MR) is 132 cm³/mol. The molecule has 0 aliphatic heterocycles. The third kappa shape index (κ3) is 3.90. The fourth-order valence-electron chi connectivity index (χ4n) is 5.45. The molecule has 0 radical (unpaired) electrons. The summed E-state index contributed by atoms with van der Waals surface area (Å²) in [6, 6.07) is 8.21. The minimum Gasteiger partial charge on any atom is -0.147 e. The van der Waals surface area contributed by atoms with Crippen molar-refractivity contribution in [3.63, 3.8) is 0 Å². The molecule has 2 aliphatic rings. The van der Waals surface area contributed by atoms with Crippen LogP contribution in [0.4, 0.5) is 0 Å². The molecule has 2 aromatic heterocycles. The molecule has 0 fully saturated rings. The molecular weight excluding hydrogens is 510 g/mol. The first-order valence-electron chi connectivity index (χ1n) is 10.1. The van der Waals surface area contributed by atoms with Crippen LogP contribution < -0.4 is 0 Å². The zero-order valence-electron chi connectivity index (χ0n) is 18.6. The fraction of sp³-hybridized carbons (Fsp3) is 0.333. The van der Waals surface area contributed by atoms with E-state index in [0.29, 0.717) is 11.8 Å². The Morgan fingerprint density at radius 2 is 1.13 bits per heavy atom. The van der Waals surface area contributed by atoms with E-state index >= 15 is 0 Å². The van der Waals surface area contributed by atoms with Gasteiger partial charge in [0.25, 0.3) is 0 Å². The van der Waals surface area contributed by atoms with E-state index in [9.17, 15) is 0 Å². The number of hydrogen-bond donors (Lipinski definition) is 0. The van der Waals surface area contributed by atoms with Crippen LogP contribution in [0.3, 0.4) is 0 Å². The maximum absolute atomic E-state index is 5.88. The number of halogens is 2. The van der Waals surface area contributed by atoms with Gasteiger partial charge in [-0.1, -0.05) is 0 Å². The molecule has 0 spiro atoms. The van der Waals surface area contributed by atoms with Crippen LogP contribution in [0.5, 0.6) is 0 Å². The zero-order valence-corrected chi connectivity index (χ0v) is 24.1. The van der Waals surface area contributed by atoms with Crippen molar-refractivity contribution in [2.45, 2.75) is 37.0 Å². The number of furan rings is 2. The van der Waals surface area contributed by atoms with Crippen molar-refractivity contribution in [1.29, 1.82) is 0 Å². The van der Waals surface area contributed by atoms with Gasteiger partial charge in [0.1, 0.15) is 0 Å². The second-order valence-corrected chi connectivity index (χ2v) is 37.9. The predicted octanol–water partition coefficient (Wildman–Crippen LogP) is 7.36. The van der Waals surface area contributed by atoms with Gasteiger partial charge in [0.2, 0.25) is 0 Å². The van der Waals surface area contributed by atoms with Crippen molar-refractivity contribution in [2.24, 2.45) is 11.8 Å². The monoisotopic (exact) mass is 540 g/mol. The summed E-state index contributed by atoms with van der Waals surface area (Å²) in [6.45, 7) is 11.6. The van der Waals surface area contributed by atoms with E-state index in [1.54, 1.807) is 19.1 Å². The molecule has 0 bridgehead atoms. The van der Waals surface area contributed by atoms with Crippen LogP contribution in [0, 0.1) is 11.8 Å². The summed E-state index contributed by atoms with van der Waals surface area (Å²) in [5.41, 5.74) is 5.52. The van der Waals surface area contributed by atoms with Crippen LogP contribution in [0.15, 0.2) is 75.5 Å². The Labute approximate surface area is 194 Å². The van der Waals surface area contributed by atoms with E-state index < -0.39 is 17.4 Å². The molecular formula is C24H32Cl2O2SiZr.